The number of piperidine rings is 1. The van der Waals surface area contributed by atoms with Gasteiger partial charge in [0.15, 0.2) is 0 Å². The summed E-state index contributed by atoms with van der Waals surface area (Å²) in [5.74, 6) is 0.562. The third-order valence-electron chi connectivity index (χ3n) is 5.06. The lowest BCUT2D eigenvalue weighted by Gasteiger charge is -2.32. The van der Waals surface area contributed by atoms with Crippen LogP contribution >= 0.6 is 0 Å². The lowest BCUT2D eigenvalue weighted by atomic mass is 9.90. The summed E-state index contributed by atoms with van der Waals surface area (Å²) in [4.78, 5) is 14.5. The third kappa shape index (κ3) is 4.85. The minimum Gasteiger partial charge on any atom is -0.377 e. The Morgan fingerprint density at radius 3 is 2.38 bits per heavy atom. The van der Waals surface area contributed by atoms with Crippen molar-refractivity contribution >= 4 is 6.03 Å². The average Bonchev–Trinajstić information content (AvgIpc) is 2.72. The second-order valence-corrected chi connectivity index (χ2v) is 6.74. The van der Waals surface area contributed by atoms with Gasteiger partial charge in [0.1, 0.15) is 0 Å². The molecule has 4 nitrogen and oxygen atoms in total. The maximum absolute atomic E-state index is 12.5. The zero-order valence-corrected chi connectivity index (χ0v) is 15.5. The van der Waals surface area contributed by atoms with Gasteiger partial charge in [-0.3, -0.25) is 0 Å². The fourth-order valence-electron chi connectivity index (χ4n) is 3.51. The van der Waals surface area contributed by atoms with Crippen LogP contribution in [-0.4, -0.2) is 30.6 Å². The van der Waals surface area contributed by atoms with Crippen LogP contribution in [0.4, 0.5) is 4.79 Å². The van der Waals surface area contributed by atoms with Gasteiger partial charge < -0.3 is 15.0 Å². The first-order valence-electron chi connectivity index (χ1n) is 9.50. The van der Waals surface area contributed by atoms with Crippen LogP contribution in [0.3, 0.4) is 0 Å². The van der Waals surface area contributed by atoms with Crippen molar-refractivity contribution in [2.45, 2.75) is 38.8 Å². The average molecular weight is 352 g/mol. The van der Waals surface area contributed by atoms with Crippen LogP contribution in [-0.2, 0) is 17.9 Å². The highest BCUT2D eigenvalue weighted by Crippen LogP contribution is 2.27. The number of likely N-dealkylation sites (tertiary alicyclic amines) is 1. The summed E-state index contributed by atoms with van der Waals surface area (Å²) >= 11 is 0. The standard InChI is InChI=1S/C22H28N2O2/c1-2-26-17-21-11-7-6-10-20(21)16-23-22(25)24-14-12-19(13-15-24)18-8-4-3-5-9-18/h3-11,19H,2,12-17H2,1H3,(H,23,25). The van der Waals surface area contributed by atoms with Crippen LogP contribution in [0.15, 0.2) is 54.6 Å². The van der Waals surface area contributed by atoms with E-state index in [0.29, 0.717) is 25.7 Å². The van der Waals surface area contributed by atoms with Crippen LogP contribution in [0.5, 0.6) is 0 Å². The molecule has 138 valence electrons. The molecule has 0 atom stereocenters. The summed E-state index contributed by atoms with van der Waals surface area (Å²) in [6.07, 6.45) is 2.05. The van der Waals surface area contributed by atoms with E-state index in [9.17, 15) is 4.79 Å². The topological polar surface area (TPSA) is 41.6 Å². The van der Waals surface area contributed by atoms with Gasteiger partial charge in [0.05, 0.1) is 6.61 Å². The Morgan fingerprint density at radius 2 is 1.69 bits per heavy atom. The molecule has 1 aliphatic heterocycles. The normalized spacial score (nSPS) is 15.0. The molecule has 2 amide bonds. The molecule has 1 saturated heterocycles. The van der Waals surface area contributed by atoms with Gasteiger partial charge in [0, 0.05) is 26.2 Å². The first-order valence-corrected chi connectivity index (χ1v) is 9.50. The summed E-state index contributed by atoms with van der Waals surface area (Å²) in [6.45, 7) is 5.43. The number of rotatable bonds is 6. The van der Waals surface area contributed by atoms with E-state index in [4.69, 9.17) is 4.74 Å². The number of hydrogen-bond donors (Lipinski definition) is 1. The molecular weight excluding hydrogens is 324 g/mol. The predicted octanol–water partition coefficient (Wildman–Crippen LogP) is 4.31. The zero-order valence-electron chi connectivity index (χ0n) is 15.5. The second-order valence-electron chi connectivity index (χ2n) is 6.74. The summed E-state index contributed by atoms with van der Waals surface area (Å²) < 4.78 is 5.51. The van der Waals surface area contributed by atoms with Crippen LogP contribution in [0, 0.1) is 0 Å². The molecule has 0 spiro atoms. The smallest absolute Gasteiger partial charge is 0.317 e. The predicted molar refractivity (Wildman–Crippen MR) is 104 cm³/mol. The lowest BCUT2D eigenvalue weighted by molar-refractivity contribution is 0.133. The van der Waals surface area contributed by atoms with Gasteiger partial charge in [-0.2, -0.15) is 0 Å². The van der Waals surface area contributed by atoms with Crippen molar-refractivity contribution in [2.75, 3.05) is 19.7 Å². The maximum atomic E-state index is 12.5. The van der Waals surface area contributed by atoms with Gasteiger partial charge in [-0.15, -0.1) is 0 Å². The highest BCUT2D eigenvalue weighted by Gasteiger charge is 2.23. The summed E-state index contributed by atoms with van der Waals surface area (Å²) in [5.41, 5.74) is 3.64. The Bertz CT molecular complexity index is 694. The van der Waals surface area contributed by atoms with E-state index in [2.05, 4.69) is 47.8 Å². The SMILES string of the molecule is CCOCc1ccccc1CNC(=O)N1CCC(c2ccccc2)CC1. The van der Waals surface area contributed by atoms with Crippen molar-refractivity contribution in [2.24, 2.45) is 0 Å². The Morgan fingerprint density at radius 1 is 1.04 bits per heavy atom. The van der Waals surface area contributed by atoms with Crippen molar-refractivity contribution in [1.29, 1.82) is 0 Å². The summed E-state index contributed by atoms with van der Waals surface area (Å²) in [6, 6.07) is 18.8. The molecule has 0 unspecified atom stereocenters. The van der Waals surface area contributed by atoms with Gasteiger partial charge in [-0.1, -0.05) is 54.6 Å². The zero-order chi connectivity index (χ0) is 18.2. The van der Waals surface area contributed by atoms with Crippen molar-refractivity contribution in [1.82, 2.24) is 10.2 Å². The van der Waals surface area contributed by atoms with E-state index in [1.54, 1.807) is 0 Å². The molecule has 2 aromatic carbocycles. The van der Waals surface area contributed by atoms with Crippen molar-refractivity contribution in [3.63, 3.8) is 0 Å². The van der Waals surface area contributed by atoms with Crippen molar-refractivity contribution in [3.8, 4) is 0 Å². The Hall–Kier alpha value is -2.33. The number of nitrogens with zero attached hydrogens (tertiary/aromatic N) is 1. The maximum Gasteiger partial charge on any atom is 0.317 e. The number of benzene rings is 2. The van der Waals surface area contributed by atoms with E-state index in [-0.39, 0.29) is 6.03 Å². The molecule has 0 bridgehead atoms. The highest BCUT2D eigenvalue weighted by atomic mass is 16.5. The van der Waals surface area contributed by atoms with Gasteiger partial charge in [-0.25, -0.2) is 4.79 Å². The fourth-order valence-corrected chi connectivity index (χ4v) is 3.51. The molecule has 0 saturated carbocycles. The van der Waals surface area contributed by atoms with E-state index in [0.717, 1.165) is 37.1 Å². The monoisotopic (exact) mass is 352 g/mol. The second kappa shape index (κ2) is 9.39. The first kappa shape index (κ1) is 18.5. The number of urea groups is 1. The highest BCUT2D eigenvalue weighted by molar-refractivity contribution is 5.74. The number of carbonyl (C=O) groups is 1. The molecule has 1 N–H and O–H groups in total. The minimum absolute atomic E-state index is 0.0303. The molecule has 3 rings (SSSR count). The van der Waals surface area contributed by atoms with Crippen LogP contribution < -0.4 is 5.32 Å². The third-order valence-corrected chi connectivity index (χ3v) is 5.06. The largest absolute Gasteiger partial charge is 0.377 e. The molecular formula is C22H28N2O2. The van der Waals surface area contributed by atoms with Crippen molar-refractivity contribution in [3.05, 3.63) is 71.3 Å². The molecule has 0 radical (unpaired) electrons. The quantitative estimate of drug-likeness (QED) is 0.841. The molecule has 0 aromatic heterocycles. The van der Waals surface area contributed by atoms with Crippen LogP contribution in [0.25, 0.3) is 0 Å². The minimum atomic E-state index is 0.0303. The van der Waals surface area contributed by atoms with Crippen LogP contribution in [0.2, 0.25) is 0 Å². The van der Waals surface area contributed by atoms with E-state index < -0.39 is 0 Å². The number of hydrogen-bond acceptors (Lipinski definition) is 2. The molecule has 0 aliphatic carbocycles. The van der Waals surface area contributed by atoms with Crippen LogP contribution in [0.1, 0.15) is 42.4 Å². The van der Waals surface area contributed by atoms with Gasteiger partial charge in [-0.05, 0) is 42.4 Å². The first-order chi connectivity index (χ1) is 12.8. The Labute approximate surface area is 156 Å². The summed E-state index contributed by atoms with van der Waals surface area (Å²) in [5, 5.41) is 3.07. The molecule has 1 aliphatic rings. The summed E-state index contributed by atoms with van der Waals surface area (Å²) in [7, 11) is 0. The fraction of sp³-hybridized carbons (Fsp3) is 0.409. The molecule has 4 heteroatoms. The number of ether oxygens (including phenoxy) is 1. The van der Waals surface area contributed by atoms with Gasteiger partial charge >= 0.3 is 6.03 Å². The Kier molecular flexibility index (Phi) is 6.67. The molecule has 26 heavy (non-hydrogen) atoms. The lowest BCUT2D eigenvalue weighted by Crippen LogP contribution is -2.43. The number of nitrogens with one attached hydrogen (secondary N) is 1. The molecule has 1 fully saturated rings. The van der Waals surface area contributed by atoms with Crippen molar-refractivity contribution < 1.29 is 9.53 Å². The van der Waals surface area contributed by atoms with E-state index >= 15 is 0 Å². The molecule has 2 aromatic rings. The number of carbonyl (C=O) groups excluding carboxylic acids is 1. The van der Waals surface area contributed by atoms with Gasteiger partial charge in [0.2, 0.25) is 0 Å². The number of amides is 2. The molecule has 1 heterocycles. The van der Waals surface area contributed by atoms with E-state index in [1.165, 1.54) is 5.56 Å². The Balaban J connectivity index is 1.49. The van der Waals surface area contributed by atoms with Gasteiger partial charge in [0.25, 0.3) is 0 Å². The van der Waals surface area contributed by atoms with E-state index in [1.807, 2.05) is 24.0 Å².